The lowest BCUT2D eigenvalue weighted by Gasteiger charge is -2.16. The minimum atomic E-state index is -0.548. The standard InChI is InChI=1S/C18H21NO2/c1-12-9-10-16(11-14(12)3)19-18(20)15(4)21-17-8-6-5-7-13(17)2/h5-11,15H,1-4H3,(H,19,20)/t15-/m1/s1. The summed E-state index contributed by atoms with van der Waals surface area (Å²) in [5.74, 6) is 0.585. The highest BCUT2D eigenvalue weighted by Crippen LogP contribution is 2.19. The van der Waals surface area contributed by atoms with Crippen LogP contribution in [0.25, 0.3) is 0 Å². The fraction of sp³-hybridized carbons (Fsp3) is 0.278. The molecule has 0 aliphatic rings. The number of rotatable bonds is 4. The summed E-state index contributed by atoms with van der Waals surface area (Å²) in [6.07, 6.45) is -0.548. The quantitative estimate of drug-likeness (QED) is 0.920. The zero-order valence-electron chi connectivity index (χ0n) is 12.9. The molecule has 110 valence electrons. The van der Waals surface area contributed by atoms with Crippen LogP contribution in [0, 0.1) is 20.8 Å². The van der Waals surface area contributed by atoms with Crippen LogP contribution in [0.1, 0.15) is 23.6 Å². The van der Waals surface area contributed by atoms with Crippen LogP contribution < -0.4 is 10.1 Å². The Kier molecular flexibility index (Phi) is 4.63. The molecular formula is C18H21NO2. The van der Waals surface area contributed by atoms with Crippen molar-refractivity contribution < 1.29 is 9.53 Å². The minimum absolute atomic E-state index is 0.151. The number of nitrogens with one attached hydrogen (secondary N) is 1. The van der Waals surface area contributed by atoms with Crippen molar-refractivity contribution in [2.75, 3.05) is 5.32 Å². The fourth-order valence-electron chi connectivity index (χ4n) is 2.00. The number of ether oxygens (including phenoxy) is 1. The van der Waals surface area contributed by atoms with Gasteiger partial charge in [-0.3, -0.25) is 4.79 Å². The van der Waals surface area contributed by atoms with Gasteiger partial charge in [-0.15, -0.1) is 0 Å². The molecule has 21 heavy (non-hydrogen) atoms. The topological polar surface area (TPSA) is 38.3 Å². The van der Waals surface area contributed by atoms with Crippen molar-refractivity contribution in [3.05, 3.63) is 59.2 Å². The summed E-state index contributed by atoms with van der Waals surface area (Å²) in [6.45, 7) is 7.79. The monoisotopic (exact) mass is 283 g/mol. The van der Waals surface area contributed by atoms with Gasteiger partial charge in [0, 0.05) is 5.69 Å². The number of anilines is 1. The highest BCUT2D eigenvalue weighted by molar-refractivity contribution is 5.94. The van der Waals surface area contributed by atoms with Gasteiger partial charge in [0.1, 0.15) is 5.75 Å². The van der Waals surface area contributed by atoms with E-state index in [1.807, 2.05) is 63.2 Å². The molecule has 1 atom stereocenters. The molecule has 3 nitrogen and oxygen atoms in total. The van der Waals surface area contributed by atoms with E-state index in [1.54, 1.807) is 6.92 Å². The second kappa shape index (κ2) is 6.44. The predicted octanol–water partition coefficient (Wildman–Crippen LogP) is 4.02. The molecule has 0 saturated heterocycles. The van der Waals surface area contributed by atoms with Crippen LogP contribution in [0.15, 0.2) is 42.5 Å². The Morgan fingerprint density at radius 2 is 1.71 bits per heavy atom. The number of para-hydroxylation sites is 1. The Labute approximate surface area is 126 Å². The van der Waals surface area contributed by atoms with E-state index < -0.39 is 6.10 Å². The Hall–Kier alpha value is -2.29. The Bertz CT molecular complexity index is 649. The third-order valence-corrected chi connectivity index (χ3v) is 3.54. The van der Waals surface area contributed by atoms with Gasteiger partial charge in [-0.1, -0.05) is 24.3 Å². The predicted molar refractivity (Wildman–Crippen MR) is 85.8 cm³/mol. The van der Waals surface area contributed by atoms with Gasteiger partial charge in [-0.25, -0.2) is 0 Å². The number of carbonyl (C=O) groups excluding carboxylic acids is 1. The molecule has 0 aliphatic carbocycles. The van der Waals surface area contributed by atoms with Crippen LogP contribution in [-0.4, -0.2) is 12.0 Å². The normalized spacial score (nSPS) is 11.8. The summed E-state index contributed by atoms with van der Waals surface area (Å²) >= 11 is 0. The van der Waals surface area contributed by atoms with Gasteiger partial charge in [0.05, 0.1) is 0 Å². The van der Waals surface area contributed by atoms with Gasteiger partial charge in [0.15, 0.2) is 6.10 Å². The third-order valence-electron chi connectivity index (χ3n) is 3.54. The molecular weight excluding hydrogens is 262 g/mol. The molecule has 0 saturated carbocycles. The summed E-state index contributed by atoms with van der Waals surface area (Å²) in [5, 5.41) is 2.89. The van der Waals surface area contributed by atoms with Crippen LogP contribution in [0.4, 0.5) is 5.69 Å². The van der Waals surface area contributed by atoms with Crippen LogP contribution >= 0.6 is 0 Å². The van der Waals surface area contributed by atoms with Crippen molar-refractivity contribution in [3.8, 4) is 5.75 Å². The fourth-order valence-corrected chi connectivity index (χ4v) is 2.00. The second-order valence-corrected chi connectivity index (χ2v) is 5.31. The molecule has 0 bridgehead atoms. The van der Waals surface area contributed by atoms with Crippen molar-refractivity contribution in [2.45, 2.75) is 33.8 Å². The summed E-state index contributed by atoms with van der Waals surface area (Å²) in [4.78, 5) is 12.2. The molecule has 2 aromatic rings. The average molecular weight is 283 g/mol. The lowest BCUT2D eigenvalue weighted by molar-refractivity contribution is -0.122. The lowest BCUT2D eigenvalue weighted by atomic mass is 10.1. The van der Waals surface area contributed by atoms with Crippen molar-refractivity contribution in [2.24, 2.45) is 0 Å². The third kappa shape index (κ3) is 3.85. The maximum atomic E-state index is 12.2. The van der Waals surface area contributed by atoms with E-state index in [9.17, 15) is 4.79 Å². The Morgan fingerprint density at radius 3 is 2.38 bits per heavy atom. The van der Waals surface area contributed by atoms with Crippen molar-refractivity contribution >= 4 is 11.6 Å². The summed E-state index contributed by atoms with van der Waals surface area (Å²) in [6, 6.07) is 13.5. The highest BCUT2D eigenvalue weighted by atomic mass is 16.5. The number of carbonyl (C=O) groups is 1. The maximum absolute atomic E-state index is 12.2. The Balaban J connectivity index is 2.02. The van der Waals surface area contributed by atoms with E-state index in [2.05, 4.69) is 5.32 Å². The molecule has 0 spiro atoms. The number of hydrogen-bond acceptors (Lipinski definition) is 2. The molecule has 0 aromatic heterocycles. The summed E-state index contributed by atoms with van der Waals surface area (Å²) in [7, 11) is 0. The smallest absolute Gasteiger partial charge is 0.265 e. The lowest BCUT2D eigenvalue weighted by Crippen LogP contribution is -2.30. The Morgan fingerprint density at radius 1 is 1.00 bits per heavy atom. The zero-order valence-corrected chi connectivity index (χ0v) is 12.9. The van der Waals surface area contributed by atoms with Gasteiger partial charge in [0.2, 0.25) is 0 Å². The van der Waals surface area contributed by atoms with E-state index in [4.69, 9.17) is 4.74 Å². The molecule has 0 aliphatic heterocycles. The van der Waals surface area contributed by atoms with Crippen LogP contribution in [0.2, 0.25) is 0 Å². The molecule has 0 unspecified atom stereocenters. The number of aryl methyl sites for hydroxylation is 3. The van der Waals surface area contributed by atoms with Gasteiger partial charge >= 0.3 is 0 Å². The van der Waals surface area contributed by atoms with Gasteiger partial charge in [-0.2, -0.15) is 0 Å². The van der Waals surface area contributed by atoms with E-state index in [-0.39, 0.29) is 5.91 Å². The SMILES string of the molecule is Cc1ccc(NC(=O)[C@@H](C)Oc2ccccc2C)cc1C. The van der Waals surface area contributed by atoms with E-state index in [0.717, 1.165) is 22.6 Å². The largest absolute Gasteiger partial charge is 0.481 e. The molecule has 3 heteroatoms. The average Bonchev–Trinajstić information content (AvgIpc) is 2.45. The number of benzene rings is 2. The van der Waals surface area contributed by atoms with Crippen LogP contribution in [-0.2, 0) is 4.79 Å². The zero-order chi connectivity index (χ0) is 15.4. The first kappa shape index (κ1) is 15.1. The van der Waals surface area contributed by atoms with E-state index >= 15 is 0 Å². The van der Waals surface area contributed by atoms with Gasteiger partial charge < -0.3 is 10.1 Å². The van der Waals surface area contributed by atoms with Crippen molar-refractivity contribution in [1.82, 2.24) is 0 Å². The molecule has 2 rings (SSSR count). The first-order valence-electron chi connectivity index (χ1n) is 7.08. The van der Waals surface area contributed by atoms with Crippen LogP contribution in [0.3, 0.4) is 0 Å². The first-order chi connectivity index (χ1) is 9.97. The molecule has 0 radical (unpaired) electrons. The van der Waals surface area contributed by atoms with Crippen molar-refractivity contribution in [1.29, 1.82) is 0 Å². The number of hydrogen-bond donors (Lipinski definition) is 1. The van der Waals surface area contributed by atoms with Crippen LogP contribution in [0.5, 0.6) is 5.75 Å². The first-order valence-corrected chi connectivity index (χ1v) is 7.08. The molecule has 0 fully saturated rings. The minimum Gasteiger partial charge on any atom is -0.481 e. The molecule has 1 N–H and O–H groups in total. The molecule has 2 aromatic carbocycles. The second-order valence-electron chi connectivity index (χ2n) is 5.31. The molecule has 0 heterocycles. The van der Waals surface area contributed by atoms with E-state index in [0.29, 0.717) is 0 Å². The summed E-state index contributed by atoms with van der Waals surface area (Å²) < 4.78 is 5.72. The maximum Gasteiger partial charge on any atom is 0.265 e. The van der Waals surface area contributed by atoms with Crippen molar-refractivity contribution in [3.63, 3.8) is 0 Å². The highest BCUT2D eigenvalue weighted by Gasteiger charge is 2.15. The van der Waals surface area contributed by atoms with E-state index in [1.165, 1.54) is 5.56 Å². The summed E-state index contributed by atoms with van der Waals surface area (Å²) in [5.41, 5.74) is 4.17. The van der Waals surface area contributed by atoms with Gasteiger partial charge in [0.25, 0.3) is 5.91 Å². The number of amides is 1. The van der Waals surface area contributed by atoms with Gasteiger partial charge in [-0.05, 0) is 62.6 Å². The molecule has 1 amide bonds.